The van der Waals surface area contributed by atoms with Gasteiger partial charge in [-0.05, 0) is 38.3 Å². The van der Waals surface area contributed by atoms with Gasteiger partial charge in [-0.25, -0.2) is 0 Å². The van der Waals surface area contributed by atoms with E-state index in [-0.39, 0.29) is 5.91 Å². The molecule has 0 aromatic heterocycles. The van der Waals surface area contributed by atoms with Crippen LogP contribution < -0.4 is 11.1 Å². The maximum atomic E-state index is 12.6. The molecular weight excluding hydrogens is 270 g/mol. The summed E-state index contributed by atoms with van der Waals surface area (Å²) in [5, 5.41) is 3.13. The highest BCUT2D eigenvalue weighted by atomic mass is 32.1. The third-order valence-electron chi connectivity index (χ3n) is 4.98. The first-order chi connectivity index (χ1) is 9.58. The molecule has 114 valence electrons. The zero-order chi connectivity index (χ0) is 14.6. The van der Waals surface area contributed by atoms with Gasteiger partial charge in [-0.15, -0.1) is 0 Å². The Hall–Kier alpha value is -0.680. The fraction of sp³-hybridized carbons (Fsp3) is 0.867. The van der Waals surface area contributed by atoms with Crippen molar-refractivity contribution in [3.05, 3.63) is 0 Å². The summed E-state index contributed by atoms with van der Waals surface area (Å²) in [5.74, 6) is 0.644. The Kier molecular flexibility index (Phi) is 5.38. The number of hydrogen-bond donors (Lipinski definition) is 2. The van der Waals surface area contributed by atoms with E-state index < -0.39 is 5.41 Å². The van der Waals surface area contributed by atoms with E-state index in [1.807, 2.05) is 0 Å². The molecule has 0 radical (unpaired) electrons. The van der Waals surface area contributed by atoms with Crippen LogP contribution in [0.4, 0.5) is 0 Å². The van der Waals surface area contributed by atoms with E-state index in [1.54, 1.807) is 0 Å². The van der Waals surface area contributed by atoms with E-state index in [0.717, 1.165) is 51.9 Å². The number of nitrogens with one attached hydrogen (secondary N) is 1. The summed E-state index contributed by atoms with van der Waals surface area (Å²) in [4.78, 5) is 15.4. The molecule has 0 bridgehead atoms. The fourth-order valence-corrected chi connectivity index (χ4v) is 3.81. The third-order valence-corrected chi connectivity index (χ3v) is 5.37. The highest BCUT2D eigenvalue weighted by molar-refractivity contribution is 7.80. The molecule has 1 amide bonds. The van der Waals surface area contributed by atoms with E-state index in [9.17, 15) is 4.79 Å². The average Bonchev–Trinajstić information content (AvgIpc) is 2.93. The second-order valence-corrected chi connectivity index (χ2v) is 6.70. The van der Waals surface area contributed by atoms with Crippen molar-refractivity contribution < 1.29 is 4.79 Å². The van der Waals surface area contributed by atoms with Gasteiger partial charge in [0.1, 0.15) is 0 Å². The van der Waals surface area contributed by atoms with Gasteiger partial charge < -0.3 is 16.0 Å². The van der Waals surface area contributed by atoms with E-state index >= 15 is 0 Å². The van der Waals surface area contributed by atoms with Crippen LogP contribution in [-0.4, -0.2) is 42.0 Å². The summed E-state index contributed by atoms with van der Waals surface area (Å²) < 4.78 is 0. The zero-order valence-corrected chi connectivity index (χ0v) is 13.3. The number of carbonyl (C=O) groups is 1. The molecule has 0 aromatic carbocycles. The Morgan fingerprint density at radius 3 is 2.65 bits per heavy atom. The lowest BCUT2D eigenvalue weighted by molar-refractivity contribution is -0.129. The SMILES string of the molecule is CCN1CCC(CNC(=O)C2(C(N)=S)CCCCC2)C1. The van der Waals surface area contributed by atoms with Crippen molar-refractivity contribution in [2.24, 2.45) is 17.1 Å². The van der Waals surface area contributed by atoms with Gasteiger partial charge in [0.05, 0.1) is 10.4 Å². The van der Waals surface area contributed by atoms with E-state index in [4.69, 9.17) is 18.0 Å². The lowest BCUT2D eigenvalue weighted by Gasteiger charge is -2.35. The number of amides is 1. The lowest BCUT2D eigenvalue weighted by Crippen LogP contribution is -2.51. The van der Waals surface area contributed by atoms with Crippen LogP contribution >= 0.6 is 12.2 Å². The summed E-state index contributed by atoms with van der Waals surface area (Å²) in [5.41, 5.74) is 5.32. The molecule has 4 nitrogen and oxygen atoms in total. The van der Waals surface area contributed by atoms with Crippen LogP contribution in [0.15, 0.2) is 0 Å². The molecule has 2 aliphatic rings. The van der Waals surface area contributed by atoms with Gasteiger partial charge in [0.15, 0.2) is 0 Å². The molecule has 1 unspecified atom stereocenters. The second-order valence-electron chi connectivity index (χ2n) is 6.26. The van der Waals surface area contributed by atoms with Crippen LogP contribution in [0.3, 0.4) is 0 Å². The minimum absolute atomic E-state index is 0.0691. The normalized spacial score (nSPS) is 26.4. The van der Waals surface area contributed by atoms with Crippen LogP contribution in [0.2, 0.25) is 0 Å². The van der Waals surface area contributed by atoms with Crippen LogP contribution in [0.5, 0.6) is 0 Å². The van der Waals surface area contributed by atoms with E-state index in [2.05, 4.69) is 17.1 Å². The molecule has 1 aliphatic carbocycles. The topological polar surface area (TPSA) is 58.4 Å². The molecule has 1 saturated carbocycles. The van der Waals surface area contributed by atoms with E-state index in [1.165, 1.54) is 12.8 Å². The Bertz CT molecular complexity index is 366. The van der Waals surface area contributed by atoms with Gasteiger partial charge in [-0.3, -0.25) is 4.79 Å². The van der Waals surface area contributed by atoms with Crippen molar-refractivity contribution in [3.63, 3.8) is 0 Å². The number of hydrogen-bond acceptors (Lipinski definition) is 3. The molecule has 5 heteroatoms. The molecule has 2 rings (SSSR count). The number of thiocarbonyl (C=S) groups is 1. The lowest BCUT2D eigenvalue weighted by atomic mass is 9.73. The second kappa shape index (κ2) is 6.85. The number of nitrogens with zero attached hydrogens (tertiary/aromatic N) is 1. The summed E-state index contributed by atoms with van der Waals surface area (Å²) >= 11 is 5.20. The molecule has 3 N–H and O–H groups in total. The average molecular weight is 297 g/mol. The molecule has 1 saturated heterocycles. The first kappa shape index (κ1) is 15.7. The van der Waals surface area contributed by atoms with Gasteiger partial charge in [0.25, 0.3) is 0 Å². The number of carbonyl (C=O) groups excluding carboxylic acids is 1. The summed E-state index contributed by atoms with van der Waals surface area (Å²) in [6.45, 7) is 6.29. The van der Waals surface area contributed by atoms with E-state index in [0.29, 0.717) is 10.9 Å². The van der Waals surface area contributed by atoms with Crippen molar-refractivity contribution in [2.75, 3.05) is 26.2 Å². The Labute approximate surface area is 127 Å². The van der Waals surface area contributed by atoms with Gasteiger partial charge in [0.2, 0.25) is 5.91 Å². The van der Waals surface area contributed by atoms with Crippen molar-refractivity contribution in [3.8, 4) is 0 Å². The highest BCUT2D eigenvalue weighted by Crippen LogP contribution is 2.37. The first-order valence-electron chi connectivity index (χ1n) is 7.89. The maximum absolute atomic E-state index is 12.6. The molecule has 1 heterocycles. The number of nitrogens with two attached hydrogens (primary N) is 1. The number of rotatable bonds is 5. The van der Waals surface area contributed by atoms with Crippen LogP contribution in [0.25, 0.3) is 0 Å². The van der Waals surface area contributed by atoms with Crippen molar-refractivity contribution >= 4 is 23.1 Å². The van der Waals surface area contributed by atoms with Crippen LogP contribution in [0.1, 0.15) is 45.4 Å². The zero-order valence-electron chi connectivity index (χ0n) is 12.5. The number of likely N-dealkylation sites (tertiary alicyclic amines) is 1. The van der Waals surface area contributed by atoms with Crippen LogP contribution in [-0.2, 0) is 4.79 Å². The molecule has 0 spiro atoms. The molecule has 20 heavy (non-hydrogen) atoms. The molecule has 1 atom stereocenters. The quantitative estimate of drug-likeness (QED) is 0.758. The van der Waals surface area contributed by atoms with Gasteiger partial charge in [-0.2, -0.15) is 0 Å². The van der Waals surface area contributed by atoms with Crippen molar-refractivity contribution in [1.29, 1.82) is 0 Å². The minimum Gasteiger partial charge on any atom is -0.392 e. The van der Waals surface area contributed by atoms with Crippen molar-refractivity contribution in [1.82, 2.24) is 10.2 Å². The monoisotopic (exact) mass is 297 g/mol. The predicted octanol–water partition coefficient (Wildman–Crippen LogP) is 1.68. The predicted molar refractivity (Wildman–Crippen MR) is 85.5 cm³/mol. The smallest absolute Gasteiger partial charge is 0.233 e. The fourth-order valence-electron chi connectivity index (χ4n) is 3.51. The molecule has 2 fully saturated rings. The third kappa shape index (κ3) is 3.31. The Balaban J connectivity index is 1.88. The largest absolute Gasteiger partial charge is 0.392 e. The van der Waals surface area contributed by atoms with Gasteiger partial charge in [-0.1, -0.05) is 38.4 Å². The van der Waals surface area contributed by atoms with Gasteiger partial charge in [0, 0.05) is 13.1 Å². The molecule has 0 aromatic rings. The first-order valence-corrected chi connectivity index (χ1v) is 8.30. The summed E-state index contributed by atoms with van der Waals surface area (Å²) in [6, 6.07) is 0. The summed E-state index contributed by atoms with van der Waals surface area (Å²) in [7, 11) is 0. The minimum atomic E-state index is -0.573. The Morgan fingerprint density at radius 1 is 1.40 bits per heavy atom. The molecule has 1 aliphatic heterocycles. The summed E-state index contributed by atoms with van der Waals surface area (Å²) in [6.07, 6.45) is 6.11. The van der Waals surface area contributed by atoms with Crippen LogP contribution in [0, 0.1) is 11.3 Å². The maximum Gasteiger partial charge on any atom is 0.233 e. The highest BCUT2D eigenvalue weighted by Gasteiger charge is 2.42. The van der Waals surface area contributed by atoms with Crippen molar-refractivity contribution in [2.45, 2.75) is 45.4 Å². The Morgan fingerprint density at radius 2 is 2.10 bits per heavy atom. The standard InChI is InChI=1S/C15H27N3OS/c1-2-18-9-6-12(11-18)10-17-14(19)15(13(16)20)7-4-3-5-8-15/h12H,2-11H2,1H3,(H2,16,20)(H,17,19). The van der Waals surface area contributed by atoms with Gasteiger partial charge >= 0.3 is 0 Å². The molecular formula is C15H27N3OS.